The molecule has 1 aromatic carbocycles. The van der Waals surface area contributed by atoms with Gasteiger partial charge in [0, 0.05) is 11.6 Å². The number of hydrogen-bond acceptors (Lipinski definition) is 7. The van der Waals surface area contributed by atoms with Crippen molar-refractivity contribution in [3.63, 3.8) is 0 Å². The molecule has 1 heterocycles. The lowest BCUT2D eigenvalue weighted by molar-refractivity contribution is 0.0548. The van der Waals surface area contributed by atoms with E-state index in [1.165, 1.54) is 14.2 Å². The quantitative estimate of drug-likeness (QED) is 0.751. The van der Waals surface area contributed by atoms with Gasteiger partial charge in [-0.15, -0.1) is 0 Å². The lowest BCUT2D eigenvalue weighted by Crippen LogP contribution is -2.17. The van der Waals surface area contributed by atoms with Crippen molar-refractivity contribution in [1.82, 2.24) is 4.98 Å². The Hall–Kier alpha value is -2.83. The van der Waals surface area contributed by atoms with Gasteiger partial charge in [-0.3, -0.25) is 4.98 Å². The third-order valence-electron chi connectivity index (χ3n) is 3.33. The predicted molar refractivity (Wildman–Crippen MR) is 86.8 cm³/mol. The molecule has 0 N–H and O–H groups in total. The first-order chi connectivity index (χ1) is 11.6. The van der Waals surface area contributed by atoms with Crippen LogP contribution in [0.4, 0.5) is 0 Å². The Bertz CT molecular complexity index is 707. The molecule has 0 amide bonds. The van der Waals surface area contributed by atoms with Gasteiger partial charge in [-0.25, -0.2) is 9.59 Å². The summed E-state index contributed by atoms with van der Waals surface area (Å²) >= 11 is 0. The molecule has 2 rings (SSSR count). The van der Waals surface area contributed by atoms with Gasteiger partial charge in [0.15, 0.2) is 5.75 Å². The fourth-order valence-electron chi connectivity index (χ4n) is 2.42. The van der Waals surface area contributed by atoms with E-state index in [2.05, 4.69) is 4.98 Å². The molecule has 0 aliphatic carbocycles. The van der Waals surface area contributed by atoms with Crippen LogP contribution in [0, 0.1) is 0 Å². The van der Waals surface area contributed by atoms with Gasteiger partial charge < -0.3 is 18.9 Å². The smallest absolute Gasteiger partial charge is 0.342 e. The van der Waals surface area contributed by atoms with Crippen LogP contribution in [0.1, 0.15) is 34.6 Å². The molecule has 1 aromatic heterocycles. The van der Waals surface area contributed by atoms with Crippen LogP contribution >= 0.6 is 0 Å². The Balaban J connectivity index is 3.01. The average molecular weight is 333 g/mol. The van der Waals surface area contributed by atoms with Gasteiger partial charge in [-0.05, 0) is 26.0 Å². The van der Waals surface area contributed by atoms with Crippen molar-refractivity contribution in [2.45, 2.75) is 13.8 Å². The summed E-state index contributed by atoms with van der Waals surface area (Å²) in [7, 11) is 2.45. The molecule has 0 radical (unpaired) electrons. The number of carbonyl (C=O) groups excluding carboxylic acids is 2. The number of carbonyl (C=O) groups is 2. The number of methoxy groups -OCH3 is 2. The number of fused-ring (bicyclic) bond motifs is 1. The first-order valence-electron chi connectivity index (χ1n) is 7.47. The summed E-state index contributed by atoms with van der Waals surface area (Å²) in [5.74, 6) is -1.06. The third-order valence-corrected chi connectivity index (χ3v) is 3.33. The Kier molecular flexibility index (Phi) is 5.57. The van der Waals surface area contributed by atoms with E-state index >= 15 is 0 Å². The van der Waals surface area contributed by atoms with Gasteiger partial charge in [0.1, 0.15) is 22.4 Å². The zero-order valence-corrected chi connectivity index (χ0v) is 14.0. The maximum atomic E-state index is 12.4. The van der Waals surface area contributed by atoms with Crippen LogP contribution in [0.5, 0.6) is 11.5 Å². The minimum absolute atomic E-state index is 0.0323. The van der Waals surface area contributed by atoms with Gasteiger partial charge >= 0.3 is 11.9 Å². The molecule has 0 unspecified atom stereocenters. The van der Waals surface area contributed by atoms with Crippen molar-refractivity contribution >= 4 is 22.8 Å². The topological polar surface area (TPSA) is 84.0 Å². The van der Waals surface area contributed by atoms with E-state index in [1.807, 2.05) is 0 Å². The summed E-state index contributed by atoms with van der Waals surface area (Å²) in [5, 5.41) is 0.552. The maximum Gasteiger partial charge on any atom is 0.342 e. The van der Waals surface area contributed by atoms with E-state index in [0.717, 1.165) is 0 Å². The normalized spacial score (nSPS) is 10.3. The molecule has 0 aliphatic heterocycles. The van der Waals surface area contributed by atoms with Crippen molar-refractivity contribution in [2.75, 3.05) is 27.4 Å². The van der Waals surface area contributed by atoms with E-state index in [4.69, 9.17) is 18.9 Å². The van der Waals surface area contributed by atoms with Crippen LogP contribution in [0.2, 0.25) is 0 Å². The maximum absolute atomic E-state index is 12.4. The summed E-state index contributed by atoms with van der Waals surface area (Å²) in [6, 6.07) is 3.45. The van der Waals surface area contributed by atoms with Crippen LogP contribution in [-0.2, 0) is 9.47 Å². The van der Waals surface area contributed by atoms with Crippen LogP contribution in [0.25, 0.3) is 10.9 Å². The Morgan fingerprint density at radius 3 is 2.04 bits per heavy atom. The van der Waals surface area contributed by atoms with Gasteiger partial charge in [-0.1, -0.05) is 0 Å². The van der Waals surface area contributed by atoms with Crippen LogP contribution < -0.4 is 9.47 Å². The lowest BCUT2D eigenvalue weighted by atomic mass is 10.00. The van der Waals surface area contributed by atoms with E-state index < -0.39 is 11.9 Å². The number of benzene rings is 1. The standard InChI is InChI=1S/C17H19NO6/c1-5-23-14-10-8-7-9-18-13(10)15(24-6-2)12(17(20)22-4)11(14)16(19)21-3/h7-9H,5-6H2,1-4H3. The second-order valence-electron chi connectivity index (χ2n) is 4.66. The minimum Gasteiger partial charge on any atom is -0.492 e. The predicted octanol–water partition coefficient (Wildman–Crippen LogP) is 2.61. The molecule has 2 aromatic rings. The van der Waals surface area contributed by atoms with Gasteiger partial charge in [0.2, 0.25) is 0 Å². The molecular weight excluding hydrogens is 314 g/mol. The Labute approximate surface area is 139 Å². The molecule has 0 fully saturated rings. The number of nitrogens with zero attached hydrogens (tertiary/aromatic N) is 1. The first kappa shape index (κ1) is 17.5. The van der Waals surface area contributed by atoms with Crippen LogP contribution in [0.3, 0.4) is 0 Å². The molecule has 0 spiro atoms. The van der Waals surface area contributed by atoms with Crippen molar-refractivity contribution in [2.24, 2.45) is 0 Å². The van der Waals surface area contributed by atoms with E-state index in [-0.39, 0.29) is 29.2 Å². The molecular formula is C17H19NO6. The monoisotopic (exact) mass is 333 g/mol. The number of esters is 2. The van der Waals surface area contributed by atoms with Crippen LogP contribution in [0.15, 0.2) is 18.3 Å². The van der Waals surface area contributed by atoms with Crippen LogP contribution in [-0.4, -0.2) is 44.4 Å². The number of hydrogen-bond donors (Lipinski definition) is 0. The zero-order valence-electron chi connectivity index (χ0n) is 14.0. The number of ether oxygens (including phenoxy) is 4. The Morgan fingerprint density at radius 2 is 1.50 bits per heavy atom. The number of aromatic nitrogens is 1. The minimum atomic E-state index is -0.729. The van der Waals surface area contributed by atoms with Gasteiger partial charge in [0.05, 0.1) is 27.4 Å². The summed E-state index contributed by atoms with van der Waals surface area (Å²) in [6.45, 7) is 4.12. The van der Waals surface area contributed by atoms with Crippen molar-refractivity contribution in [3.8, 4) is 11.5 Å². The van der Waals surface area contributed by atoms with Crippen molar-refractivity contribution < 1.29 is 28.5 Å². The summed E-state index contributed by atoms with van der Waals surface area (Å²) in [5.41, 5.74) is 0.326. The number of rotatable bonds is 6. The third kappa shape index (κ3) is 2.97. The largest absolute Gasteiger partial charge is 0.492 e. The van der Waals surface area contributed by atoms with E-state index in [9.17, 15) is 9.59 Å². The number of pyridine rings is 1. The highest BCUT2D eigenvalue weighted by molar-refractivity contribution is 6.13. The summed E-state index contributed by atoms with van der Waals surface area (Å²) in [4.78, 5) is 29.0. The highest BCUT2D eigenvalue weighted by Crippen LogP contribution is 2.40. The van der Waals surface area contributed by atoms with Gasteiger partial charge in [-0.2, -0.15) is 0 Å². The SMILES string of the molecule is CCOc1c(C(=O)OC)c(C(=O)OC)c(OCC)c2ncccc12. The fraction of sp³-hybridized carbons (Fsp3) is 0.353. The second kappa shape index (κ2) is 7.63. The van der Waals surface area contributed by atoms with E-state index in [1.54, 1.807) is 32.2 Å². The zero-order chi connectivity index (χ0) is 17.7. The molecule has 0 aliphatic rings. The second-order valence-corrected chi connectivity index (χ2v) is 4.66. The molecule has 0 saturated carbocycles. The Morgan fingerprint density at radius 1 is 0.958 bits per heavy atom. The molecule has 7 nitrogen and oxygen atoms in total. The van der Waals surface area contributed by atoms with Crippen molar-refractivity contribution in [1.29, 1.82) is 0 Å². The van der Waals surface area contributed by atoms with E-state index in [0.29, 0.717) is 17.5 Å². The highest BCUT2D eigenvalue weighted by atomic mass is 16.5. The average Bonchev–Trinajstić information content (AvgIpc) is 2.62. The first-order valence-corrected chi connectivity index (χ1v) is 7.47. The molecule has 24 heavy (non-hydrogen) atoms. The van der Waals surface area contributed by atoms with Gasteiger partial charge in [0.25, 0.3) is 0 Å². The van der Waals surface area contributed by atoms with Crippen molar-refractivity contribution in [3.05, 3.63) is 29.5 Å². The molecule has 0 saturated heterocycles. The molecule has 0 bridgehead atoms. The summed E-state index contributed by atoms with van der Waals surface area (Å²) < 4.78 is 20.9. The highest BCUT2D eigenvalue weighted by Gasteiger charge is 2.32. The fourth-order valence-corrected chi connectivity index (χ4v) is 2.42. The lowest BCUT2D eigenvalue weighted by Gasteiger charge is -2.19. The molecule has 0 atom stereocenters. The molecule has 7 heteroatoms. The summed E-state index contributed by atoms with van der Waals surface area (Å²) in [6.07, 6.45) is 1.57. The molecule has 128 valence electrons.